The van der Waals surface area contributed by atoms with Gasteiger partial charge in [-0.3, -0.25) is 4.79 Å². The first-order chi connectivity index (χ1) is 13.2. The Labute approximate surface area is 164 Å². The number of nitrogens with zero attached hydrogens (tertiary/aromatic N) is 2. The van der Waals surface area contributed by atoms with E-state index in [2.05, 4.69) is 20.8 Å². The molecule has 0 radical (unpaired) electrons. The number of aromatic nitrogens is 2. The SMILES string of the molecule is O=C(CSc1nnc(Nc2ccccc2F)s1)NCCOc1ccccc1. The zero-order valence-corrected chi connectivity index (χ0v) is 15.9. The van der Waals surface area contributed by atoms with Crippen LogP contribution in [0.1, 0.15) is 0 Å². The van der Waals surface area contributed by atoms with Crippen LogP contribution in [0.15, 0.2) is 58.9 Å². The van der Waals surface area contributed by atoms with Gasteiger partial charge in [0, 0.05) is 0 Å². The van der Waals surface area contributed by atoms with Gasteiger partial charge in [0.2, 0.25) is 11.0 Å². The lowest BCUT2D eigenvalue weighted by atomic mass is 10.3. The smallest absolute Gasteiger partial charge is 0.230 e. The normalized spacial score (nSPS) is 10.4. The van der Waals surface area contributed by atoms with Crippen LogP contribution in [0, 0.1) is 5.82 Å². The highest BCUT2D eigenvalue weighted by atomic mass is 32.2. The molecule has 27 heavy (non-hydrogen) atoms. The van der Waals surface area contributed by atoms with Crippen LogP contribution in [0.5, 0.6) is 5.75 Å². The van der Waals surface area contributed by atoms with E-state index in [0.29, 0.717) is 28.3 Å². The number of carbonyl (C=O) groups is 1. The first-order valence-electron chi connectivity index (χ1n) is 8.13. The summed E-state index contributed by atoms with van der Waals surface area (Å²) in [5.41, 5.74) is 0.335. The molecule has 1 heterocycles. The maximum atomic E-state index is 13.6. The van der Waals surface area contributed by atoms with Crippen molar-refractivity contribution < 1.29 is 13.9 Å². The number of rotatable bonds is 9. The zero-order valence-electron chi connectivity index (χ0n) is 14.2. The minimum Gasteiger partial charge on any atom is -0.492 e. The zero-order chi connectivity index (χ0) is 18.9. The number of thioether (sulfide) groups is 1. The summed E-state index contributed by atoms with van der Waals surface area (Å²) in [6.45, 7) is 0.820. The van der Waals surface area contributed by atoms with Gasteiger partial charge < -0.3 is 15.4 Å². The second-order valence-electron chi connectivity index (χ2n) is 5.28. The summed E-state index contributed by atoms with van der Waals surface area (Å²) in [7, 11) is 0. The molecule has 2 N–H and O–H groups in total. The Kier molecular flexibility index (Phi) is 7.00. The molecule has 0 aliphatic heterocycles. The fourth-order valence-corrected chi connectivity index (χ4v) is 3.64. The van der Waals surface area contributed by atoms with Gasteiger partial charge >= 0.3 is 0 Å². The molecule has 0 saturated heterocycles. The minimum atomic E-state index is -0.362. The van der Waals surface area contributed by atoms with Crippen molar-refractivity contribution in [1.29, 1.82) is 0 Å². The van der Waals surface area contributed by atoms with E-state index in [9.17, 15) is 9.18 Å². The first kappa shape index (κ1) is 19.1. The maximum Gasteiger partial charge on any atom is 0.230 e. The molecule has 0 fully saturated rings. The number of anilines is 2. The van der Waals surface area contributed by atoms with E-state index in [1.807, 2.05) is 30.3 Å². The van der Waals surface area contributed by atoms with Crippen LogP contribution >= 0.6 is 23.1 Å². The molecule has 0 aliphatic carbocycles. The van der Waals surface area contributed by atoms with E-state index in [-0.39, 0.29) is 17.5 Å². The molecular weight excluding hydrogens is 387 g/mol. The Morgan fingerprint density at radius 1 is 1.11 bits per heavy atom. The number of halogens is 1. The highest BCUT2D eigenvalue weighted by Crippen LogP contribution is 2.28. The molecule has 1 amide bonds. The highest BCUT2D eigenvalue weighted by Gasteiger charge is 2.09. The van der Waals surface area contributed by atoms with Crippen molar-refractivity contribution in [1.82, 2.24) is 15.5 Å². The number of hydrogen-bond acceptors (Lipinski definition) is 7. The Morgan fingerprint density at radius 2 is 1.89 bits per heavy atom. The number of hydrogen-bond donors (Lipinski definition) is 2. The maximum absolute atomic E-state index is 13.6. The van der Waals surface area contributed by atoms with E-state index in [1.54, 1.807) is 18.2 Å². The van der Waals surface area contributed by atoms with E-state index >= 15 is 0 Å². The molecule has 0 spiro atoms. The van der Waals surface area contributed by atoms with Gasteiger partial charge in [-0.25, -0.2) is 4.39 Å². The van der Waals surface area contributed by atoms with E-state index in [1.165, 1.54) is 29.2 Å². The molecule has 9 heteroatoms. The topological polar surface area (TPSA) is 76.1 Å². The predicted octanol–water partition coefficient (Wildman–Crippen LogP) is 3.71. The average Bonchev–Trinajstić information content (AvgIpc) is 3.14. The largest absolute Gasteiger partial charge is 0.492 e. The third kappa shape index (κ3) is 6.22. The van der Waals surface area contributed by atoms with Crippen molar-refractivity contribution in [3.05, 3.63) is 60.4 Å². The number of carbonyl (C=O) groups excluding carboxylic acids is 1. The van der Waals surface area contributed by atoms with Gasteiger partial charge in [-0.2, -0.15) is 0 Å². The van der Waals surface area contributed by atoms with Gasteiger partial charge in [0.25, 0.3) is 0 Å². The van der Waals surface area contributed by atoms with Crippen molar-refractivity contribution >= 4 is 39.8 Å². The number of nitrogens with one attached hydrogen (secondary N) is 2. The molecule has 0 unspecified atom stereocenters. The fourth-order valence-electron chi connectivity index (χ4n) is 2.05. The van der Waals surface area contributed by atoms with Gasteiger partial charge in [-0.1, -0.05) is 53.4 Å². The minimum absolute atomic E-state index is 0.115. The summed E-state index contributed by atoms with van der Waals surface area (Å²) in [4.78, 5) is 11.9. The molecule has 2 aromatic carbocycles. The molecule has 0 aliphatic rings. The monoisotopic (exact) mass is 404 g/mol. The third-order valence-corrected chi connectivity index (χ3v) is 5.26. The summed E-state index contributed by atoms with van der Waals surface area (Å²) < 4.78 is 19.8. The quantitative estimate of drug-likeness (QED) is 0.418. The van der Waals surface area contributed by atoms with Crippen molar-refractivity contribution in [3.63, 3.8) is 0 Å². The number of amides is 1. The van der Waals surface area contributed by atoms with Crippen molar-refractivity contribution in [2.45, 2.75) is 4.34 Å². The lowest BCUT2D eigenvalue weighted by molar-refractivity contribution is -0.118. The molecule has 0 saturated carbocycles. The molecule has 140 valence electrons. The van der Waals surface area contributed by atoms with E-state index in [4.69, 9.17) is 4.74 Å². The molecule has 3 aromatic rings. The van der Waals surface area contributed by atoms with Gasteiger partial charge in [-0.05, 0) is 24.3 Å². The summed E-state index contributed by atoms with van der Waals surface area (Å²) in [5.74, 6) is 0.513. The van der Waals surface area contributed by atoms with Gasteiger partial charge in [0.15, 0.2) is 4.34 Å². The Balaban J connectivity index is 1.37. The standard InChI is InChI=1S/C18H17FN4O2S2/c19-14-8-4-5-9-15(14)21-17-22-23-18(27-17)26-12-16(24)20-10-11-25-13-6-2-1-3-7-13/h1-9H,10-12H2,(H,20,24)(H,21,22). The Morgan fingerprint density at radius 3 is 2.70 bits per heavy atom. The molecule has 1 aromatic heterocycles. The number of benzene rings is 2. The first-order valence-corrected chi connectivity index (χ1v) is 9.93. The lowest BCUT2D eigenvalue weighted by Crippen LogP contribution is -2.29. The average molecular weight is 404 g/mol. The summed E-state index contributed by atoms with van der Waals surface area (Å²) in [6, 6.07) is 15.7. The van der Waals surface area contributed by atoms with Gasteiger partial charge in [0.05, 0.1) is 18.0 Å². The number of ether oxygens (including phenoxy) is 1. The molecule has 0 bridgehead atoms. The van der Waals surface area contributed by atoms with Gasteiger partial charge in [-0.15, -0.1) is 10.2 Å². The van der Waals surface area contributed by atoms with Gasteiger partial charge in [0.1, 0.15) is 18.2 Å². The fraction of sp³-hybridized carbons (Fsp3) is 0.167. The summed E-state index contributed by atoms with van der Waals surface area (Å²) in [5, 5.41) is 14.1. The van der Waals surface area contributed by atoms with Crippen LogP contribution in [0.4, 0.5) is 15.2 Å². The second-order valence-corrected chi connectivity index (χ2v) is 7.48. The van der Waals surface area contributed by atoms with E-state index in [0.717, 1.165) is 5.75 Å². The second kappa shape index (κ2) is 9.89. The molecule has 3 rings (SSSR count). The van der Waals surface area contributed by atoms with Crippen molar-refractivity contribution in [2.24, 2.45) is 0 Å². The van der Waals surface area contributed by atoms with E-state index < -0.39 is 0 Å². The predicted molar refractivity (Wildman–Crippen MR) is 105 cm³/mol. The molecular formula is C18H17FN4O2S2. The number of para-hydroxylation sites is 2. The van der Waals surface area contributed by atoms with Crippen molar-refractivity contribution in [3.8, 4) is 5.75 Å². The Bertz CT molecular complexity index is 877. The highest BCUT2D eigenvalue weighted by molar-refractivity contribution is 8.01. The molecule has 6 nitrogen and oxygen atoms in total. The lowest BCUT2D eigenvalue weighted by Gasteiger charge is -2.07. The van der Waals surface area contributed by atoms with Crippen LogP contribution < -0.4 is 15.4 Å². The van der Waals surface area contributed by atoms with Crippen molar-refractivity contribution in [2.75, 3.05) is 24.2 Å². The van der Waals surface area contributed by atoms with Crippen LogP contribution in [0.2, 0.25) is 0 Å². The molecule has 0 atom stereocenters. The van der Waals surface area contributed by atoms with Crippen LogP contribution in [0.3, 0.4) is 0 Å². The van der Waals surface area contributed by atoms with Crippen LogP contribution in [-0.2, 0) is 4.79 Å². The Hall–Kier alpha value is -2.65. The summed E-state index contributed by atoms with van der Waals surface area (Å²) in [6.07, 6.45) is 0. The third-order valence-electron chi connectivity index (χ3n) is 3.28. The van der Waals surface area contributed by atoms with Crippen LogP contribution in [-0.4, -0.2) is 35.0 Å². The van der Waals surface area contributed by atoms with Crippen LogP contribution in [0.25, 0.3) is 0 Å². The summed E-state index contributed by atoms with van der Waals surface area (Å²) >= 11 is 2.54.